The van der Waals surface area contributed by atoms with Gasteiger partial charge in [0, 0.05) is 28.4 Å². The molecule has 0 unspecified atom stereocenters. The third kappa shape index (κ3) is 6.92. The molecule has 188 valence electrons. The summed E-state index contributed by atoms with van der Waals surface area (Å²) >= 11 is 0. The van der Waals surface area contributed by atoms with Gasteiger partial charge in [-0.1, -0.05) is 6.07 Å². The van der Waals surface area contributed by atoms with E-state index < -0.39 is 26.0 Å². The molecule has 3 aromatic rings. The highest BCUT2D eigenvalue weighted by molar-refractivity contribution is 7.86. The second-order valence-corrected chi connectivity index (χ2v) is 11.1. The summed E-state index contributed by atoms with van der Waals surface area (Å²) in [4.78, 5) is 12.5. The average molecular weight is 523 g/mol. The molecule has 0 heterocycles. The lowest BCUT2D eigenvalue weighted by atomic mass is 10.0. The molecule has 0 bridgehead atoms. The number of ether oxygens (including phenoxy) is 1. The number of benzene rings is 3. The predicted molar refractivity (Wildman–Crippen MR) is 133 cm³/mol. The number of hydrogen-bond donors (Lipinski definition) is 4. The number of aryl methyl sites for hydroxylation is 2. The molecule has 3 aromatic carbocycles. The maximum absolute atomic E-state index is 12.8. The minimum atomic E-state index is -4.59. The van der Waals surface area contributed by atoms with Crippen LogP contribution in [0.2, 0.25) is 0 Å². The van der Waals surface area contributed by atoms with Crippen LogP contribution < -0.4 is 15.8 Å². The van der Waals surface area contributed by atoms with Gasteiger partial charge in [0.05, 0.1) is 12.4 Å². The molecule has 0 saturated heterocycles. The van der Waals surface area contributed by atoms with Crippen molar-refractivity contribution in [2.45, 2.75) is 31.6 Å². The van der Waals surface area contributed by atoms with Gasteiger partial charge < -0.3 is 15.8 Å². The molecular formula is C23H26N2O8S2. The van der Waals surface area contributed by atoms with Crippen molar-refractivity contribution < 1.29 is 35.5 Å². The van der Waals surface area contributed by atoms with E-state index in [4.69, 9.17) is 15.0 Å². The van der Waals surface area contributed by atoms with E-state index >= 15 is 0 Å². The van der Waals surface area contributed by atoms with Crippen LogP contribution in [0.15, 0.2) is 47.4 Å². The lowest BCUT2D eigenvalue weighted by molar-refractivity contribution is 0.102. The van der Waals surface area contributed by atoms with E-state index in [0.29, 0.717) is 27.9 Å². The van der Waals surface area contributed by atoms with Gasteiger partial charge >= 0.3 is 0 Å². The minimum absolute atomic E-state index is 0.0537. The van der Waals surface area contributed by atoms with Crippen molar-refractivity contribution in [1.29, 1.82) is 0 Å². The zero-order chi connectivity index (χ0) is 26.0. The first-order valence-electron chi connectivity index (χ1n) is 10.6. The van der Waals surface area contributed by atoms with Gasteiger partial charge in [0.2, 0.25) is 0 Å². The Morgan fingerprint density at radius 1 is 0.971 bits per heavy atom. The molecule has 5 N–H and O–H groups in total. The summed E-state index contributed by atoms with van der Waals surface area (Å²) in [5, 5.41) is 3.39. The van der Waals surface area contributed by atoms with Crippen LogP contribution >= 0.6 is 0 Å². The SMILES string of the molecule is Cc1cc(C(=O)Nc2ccc3c(S(=O)(=O)O)cc(OCCCCS(=O)(=O)O)cc3c2)c(C)cc1N. The fourth-order valence-corrected chi connectivity index (χ4v) is 4.84. The lowest BCUT2D eigenvalue weighted by Gasteiger charge is -2.13. The fourth-order valence-electron chi connectivity index (χ4n) is 3.54. The molecule has 0 aliphatic carbocycles. The number of rotatable bonds is 9. The molecule has 0 spiro atoms. The van der Waals surface area contributed by atoms with Gasteiger partial charge in [-0.2, -0.15) is 16.8 Å². The summed E-state index contributed by atoms with van der Waals surface area (Å²) in [5.41, 5.74) is 8.76. The number of amides is 1. The van der Waals surface area contributed by atoms with Crippen molar-refractivity contribution >= 4 is 48.3 Å². The van der Waals surface area contributed by atoms with Crippen LogP contribution in [0.4, 0.5) is 11.4 Å². The molecule has 10 nitrogen and oxygen atoms in total. The first kappa shape index (κ1) is 26.4. The molecule has 12 heteroatoms. The summed E-state index contributed by atoms with van der Waals surface area (Å²) in [6, 6.07) is 10.6. The van der Waals surface area contributed by atoms with E-state index in [1.165, 1.54) is 18.2 Å². The molecule has 1 amide bonds. The van der Waals surface area contributed by atoms with Crippen LogP contribution in [0.3, 0.4) is 0 Å². The Labute approximate surface area is 203 Å². The molecule has 0 saturated carbocycles. The van der Waals surface area contributed by atoms with Crippen molar-refractivity contribution in [3.8, 4) is 5.75 Å². The van der Waals surface area contributed by atoms with Crippen molar-refractivity contribution in [3.63, 3.8) is 0 Å². The smallest absolute Gasteiger partial charge is 0.295 e. The summed E-state index contributed by atoms with van der Waals surface area (Å²) in [6.45, 7) is 3.61. The van der Waals surface area contributed by atoms with Crippen LogP contribution in [0.1, 0.15) is 34.3 Å². The van der Waals surface area contributed by atoms with E-state index in [9.17, 15) is 26.2 Å². The molecule has 0 radical (unpaired) electrons. The number of carbonyl (C=O) groups is 1. The van der Waals surface area contributed by atoms with E-state index in [-0.39, 0.29) is 41.4 Å². The molecule has 3 rings (SSSR count). The number of anilines is 2. The summed E-state index contributed by atoms with van der Waals surface area (Å²) in [6.07, 6.45) is 0.438. The highest BCUT2D eigenvalue weighted by atomic mass is 32.2. The molecule has 0 fully saturated rings. The Hall–Kier alpha value is -3.19. The number of fused-ring (bicyclic) bond motifs is 1. The lowest BCUT2D eigenvalue weighted by Crippen LogP contribution is -2.14. The quantitative estimate of drug-likeness (QED) is 0.186. The zero-order valence-corrected chi connectivity index (χ0v) is 20.7. The molecule has 0 aromatic heterocycles. The van der Waals surface area contributed by atoms with Crippen LogP contribution in [0.25, 0.3) is 10.8 Å². The number of nitrogen functional groups attached to an aromatic ring is 1. The number of nitrogens with two attached hydrogens (primary N) is 1. The maximum Gasteiger partial charge on any atom is 0.295 e. The number of hydrogen-bond acceptors (Lipinski definition) is 7. The summed E-state index contributed by atoms with van der Waals surface area (Å²) in [7, 11) is -8.67. The predicted octanol–water partition coefficient (Wildman–Crippen LogP) is 3.58. The molecule has 0 aliphatic heterocycles. The number of nitrogens with one attached hydrogen (secondary N) is 1. The highest BCUT2D eigenvalue weighted by Crippen LogP contribution is 2.31. The largest absolute Gasteiger partial charge is 0.494 e. The van der Waals surface area contributed by atoms with Crippen molar-refractivity contribution in [2.24, 2.45) is 0 Å². The Kier molecular flexibility index (Phi) is 7.70. The molecule has 0 aliphatic rings. The maximum atomic E-state index is 12.8. The van der Waals surface area contributed by atoms with Crippen molar-refractivity contribution in [1.82, 2.24) is 0 Å². The van der Waals surface area contributed by atoms with Gasteiger partial charge in [-0.05, 0) is 73.5 Å². The second-order valence-electron chi connectivity index (χ2n) is 8.15. The normalized spacial score (nSPS) is 12.0. The number of unbranched alkanes of at least 4 members (excludes halogenated alkanes) is 1. The monoisotopic (exact) mass is 522 g/mol. The van der Waals surface area contributed by atoms with Gasteiger partial charge in [0.1, 0.15) is 10.6 Å². The topological polar surface area (TPSA) is 173 Å². The Bertz CT molecular complexity index is 1500. The van der Waals surface area contributed by atoms with E-state index in [0.717, 1.165) is 5.56 Å². The Balaban J connectivity index is 1.88. The van der Waals surface area contributed by atoms with Crippen molar-refractivity contribution in [2.75, 3.05) is 23.4 Å². The van der Waals surface area contributed by atoms with Gasteiger partial charge in [0.25, 0.3) is 26.1 Å². The average Bonchev–Trinajstić information content (AvgIpc) is 2.73. The third-order valence-electron chi connectivity index (χ3n) is 5.35. The third-order valence-corrected chi connectivity index (χ3v) is 7.05. The van der Waals surface area contributed by atoms with Crippen LogP contribution in [-0.4, -0.2) is 44.2 Å². The van der Waals surface area contributed by atoms with Gasteiger partial charge in [-0.15, -0.1) is 0 Å². The van der Waals surface area contributed by atoms with Crippen LogP contribution in [-0.2, 0) is 20.2 Å². The van der Waals surface area contributed by atoms with Gasteiger partial charge in [-0.25, -0.2) is 0 Å². The molecule has 35 heavy (non-hydrogen) atoms. The minimum Gasteiger partial charge on any atom is -0.494 e. The first-order chi connectivity index (χ1) is 16.2. The van der Waals surface area contributed by atoms with Gasteiger partial charge in [0.15, 0.2) is 0 Å². The Morgan fingerprint density at radius 2 is 1.69 bits per heavy atom. The van der Waals surface area contributed by atoms with Crippen LogP contribution in [0, 0.1) is 13.8 Å². The van der Waals surface area contributed by atoms with Gasteiger partial charge in [-0.3, -0.25) is 13.9 Å². The second kappa shape index (κ2) is 10.2. The highest BCUT2D eigenvalue weighted by Gasteiger charge is 2.18. The van der Waals surface area contributed by atoms with Crippen molar-refractivity contribution in [3.05, 3.63) is 59.2 Å². The fraction of sp³-hybridized carbons (Fsp3) is 0.261. The summed E-state index contributed by atoms with van der Waals surface area (Å²) < 4.78 is 69.5. The molecule has 0 atom stereocenters. The standard InChI is InChI=1S/C23H26N2O8S2/c1-14-10-21(24)15(2)9-20(14)23(26)25-17-5-6-19-16(11-17)12-18(13-22(19)35(30,31)32)33-7-3-4-8-34(27,28)29/h5-6,9-13H,3-4,7-8,24H2,1-2H3,(H,25,26)(H,27,28,29)(H,30,31,32). The number of carbonyl (C=O) groups excluding carboxylic acids is 1. The van der Waals surface area contributed by atoms with E-state index in [1.807, 2.05) is 0 Å². The Morgan fingerprint density at radius 3 is 2.34 bits per heavy atom. The van der Waals surface area contributed by atoms with E-state index in [1.54, 1.807) is 38.1 Å². The first-order valence-corrected chi connectivity index (χ1v) is 13.6. The zero-order valence-electron chi connectivity index (χ0n) is 19.1. The van der Waals surface area contributed by atoms with E-state index in [2.05, 4.69) is 5.32 Å². The van der Waals surface area contributed by atoms with Crippen LogP contribution in [0.5, 0.6) is 5.75 Å². The molecular weight excluding hydrogens is 496 g/mol. The summed E-state index contributed by atoms with van der Waals surface area (Å²) in [5.74, 6) is -0.655.